The van der Waals surface area contributed by atoms with Gasteiger partial charge in [0.2, 0.25) is 5.91 Å². The highest BCUT2D eigenvalue weighted by molar-refractivity contribution is 5.76. The van der Waals surface area contributed by atoms with Crippen molar-refractivity contribution < 1.29 is 14.6 Å². The highest BCUT2D eigenvalue weighted by Gasteiger charge is 2.00. The first-order chi connectivity index (χ1) is 7.13. The van der Waals surface area contributed by atoms with Crippen molar-refractivity contribution in [2.45, 2.75) is 6.42 Å². The third kappa shape index (κ3) is 3.24. The maximum Gasteiger partial charge on any atom is 0.229 e. The number of methoxy groups -OCH3 is 1. The average molecular weight is 205 g/mol. The minimum atomic E-state index is -0.465. The number of hydrogen-bond acceptors (Lipinski definition) is 3. The van der Waals surface area contributed by atoms with Crippen LogP contribution >= 0.6 is 0 Å². The molecule has 1 aromatic rings. The molecule has 0 fully saturated rings. The third-order valence-electron chi connectivity index (χ3n) is 1.68. The molecule has 0 saturated heterocycles. The minimum absolute atomic E-state index is 0.0171. The first-order valence-electron chi connectivity index (χ1n) is 4.27. The molecular formula is C11H11NO3. The Morgan fingerprint density at radius 3 is 2.93 bits per heavy atom. The Hall–Kier alpha value is -2.15. The number of ether oxygens (including phenoxy) is 1. The van der Waals surface area contributed by atoms with Crippen LogP contribution in [0.25, 0.3) is 0 Å². The molecule has 0 aromatic heterocycles. The van der Waals surface area contributed by atoms with E-state index in [1.807, 2.05) is 0 Å². The summed E-state index contributed by atoms with van der Waals surface area (Å²) < 4.78 is 4.90. The molecule has 0 heterocycles. The second-order valence-electron chi connectivity index (χ2n) is 2.83. The summed E-state index contributed by atoms with van der Waals surface area (Å²) in [6, 6.07) is 4.70. The van der Waals surface area contributed by atoms with Crippen LogP contribution in [-0.2, 0) is 4.79 Å². The fraction of sp³-hybridized carbons (Fsp3) is 0.182. The Kier molecular flexibility index (Phi) is 3.58. The fourth-order valence-corrected chi connectivity index (χ4v) is 0.989. The molecule has 0 spiro atoms. The van der Waals surface area contributed by atoms with Gasteiger partial charge in [0.15, 0.2) is 11.5 Å². The molecule has 0 atom stereocenters. The van der Waals surface area contributed by atoms with Crippen LogP contribution in [0.4, 0.5) is 0 Å². The van der Waals surface area contributed by atoms with E-state index in [2.05, 4.69) is 11.8 Å². The number of rotatable bonds is 2. The Morgan fingerprint density at radius 2 is 2.33 bits per heavy atom. The van der Waals surface area contributed by atoms with Gasteiger partial charge in [-0.2, -0.15) is 0 Å². The van der Waals surface area contributed by atoms with Crippen molar-refractivity contribution in [2.24, 2.45) is 5.73 Å². The van der Waals surface area contributed by atoms with E-state index in [1.54, 1.807) is 12.1 Å². The number of phenols is 1. The smallest absolute Gasteiger partial charge is 0.229 e. The maximum atomic E-state index is 10.4. The molecule has 0 saturated carbocycles. The summed E-state index contributed by atoms with van der Waals surface area (Å²) in [5.41, 5.74) is 5.59. The molecule has 0 radical (unpaired) electrons. The molecule has 15 heavy (non-hydrogen) atoms. The monoisotopic (exact) mass is 205 g/mol. The Bertz CT molecular complexity index is 429. The number of phenolic OH excluding ortho intramolecular Hbond substituents is 1. The fourth-order valence-electron chi connectivity index (χ4n) is 0.989. The van der Waals surface area contributed by atoms with Crippen LogP contribution < -0.4 is 10.5 Å². The van der Waals surface area contributed by atoms with Gasteiger partial charge in [0, 0.05) is 5.56 Å². The first kappa shape index (κ1) is 10.9. The Labute approximate surface area is 87.7 Å². The number of aromatic hydroxyl groups is 1. The van der Waals surface area contributed by atoms with Gasteiger partial charge in [-0.3, -0.25) is 4.79 Å². The predicted octanol–water partition coefficient (Wildman–Crippen LogP) is 0.628. The average Bonchev–Trinajstić information content (AvgIpc) is 2.20. The van der Waals surface area contributed by atoms with E-state index in [0.29, 0.717) is 11.3 Å². The van der Waals surface area contributed by atoms with E-state index in [0.717, 1.165) is 0 Å². The lowest BCUT2D eigenvalue weighted by atomic mass is 10.2. The molecular weight excluding hydrogens is 194 g/mol. The maximum absolute atomic E-state index is 10.4. The molecule has 1 rings (SSSR count). The van der Waals surface area contributed by atoms with Gasteiger partial charge in [0.1, 0.15) is 0 Å². The molecule has 78 valence electrons. The molecule has 1 amide bonds. The highest BCUT2D eigenvalue weighted by atomic mass is 16.5. The summed E-state index contributed by atoms with van der Waals surface area (Å²) in [6.45, 7) is 0. The van der Waals surface area contributed by atoms with Crippen LogP contribution in [0.5, 0.6) is 11.5 Å². The summed E-state index contributed by atoms with van der Waals surface area (Å²) in [7, 11) is 1.45. The zero-order chi connectivity index (χ0) is 11.3. The van der Waals surface area contributed by atoms with Crippen LogP contribution in [-0.4, -0.2) is 18.1 Å². The number of benzene rings is 1. The molecule has 1 aromatic carbocycles. The zero-order valence-electron chi connectivity index (χ0n) is 8.28. The van der Waals surface area contributed by atoms with E-state index in [4.69, 9.17) is 10.5 Å². The molecule has 0 aliphatic carbocycles. The summed E-state index contributed by atoms with van der Waals surface area (Å²) in [6.07, 6.45) is 0.0171. The number of amides is 1. The van der Waals surface area contributed by atoms with Gasteiger partial charge in [-0.1, -0.05) is 11.8 Å². The summed E-state index contributed by atoms with van der Waals surface area (Å²) in [5, 5.41) is 9.30. The van der Waals surface area contributed by atoms with Crippen LogP contribution in [0.2, 0.25) is 0 Å². The SMILES string of the molecule is COc1cc(C#CCC(N)=O)ccc1O. The number of carbonyl (C=O) groups excluding carboxylic acids is 1. The summed E-state index contributed by atoms with van der Waals surface area (Å²) in [4.78, 5) is 10.4. The standard InChI is InChI=1S/C11H11NO3/c1-15-10-7-8(5-6-9(10)13)3-2-4-11(12)14/h5-7,13H,4H2,1H3,(H2,12,14). The Balaban J connectivity index is 2.85. The largest absolute Gasteiger partial charge is 0.504 e. The van der Waals surface area contributed by atoms with Crippen molar-refractivity contribution in [3.05, 3.63) is 23.8 Å². The predicted molar refractivity (Wildman–Crippen MR) is 55.3 cm³/mol. The van der Waals surface area contributed by atoms with Gasteiger partial charge >= 0.3 is 0 Å². The minimum Gasteiger partial charge on any atom is -0.504 e. The van der Waals surface area contributed by atoms with Gasteiger partial charge in [0.25, 0.3) is 0 Å². The Morgan fingerprint density at radius 1 is 1.60 bits per heavy atom. The van der Waals surface area contributed by atoms with Gasteiger partial charge in [-0.25, -0.2) is 0 Å². The molecule has 0 unspecified atom stereocenters. The van der Waals surface area contributed by atoms with Crippen LogP contribution in [0.1, 0.15) is 12.0 Å². The normalized spacial score (nSPS) is 8.87. The van der Waals surface area contributed by atoms with Gasteiger partial charge in [0.05, 0.1) is 13.5 Å². The second kappa shape index (κ2) is 4.91. The lowest BCUT2D eigenvalue weighted by Gasteiger charge is -2.02. The van der Waals surface area contributed by atoms with Crippen molar-refractivity contribution in [2.75, 3.05) is 7.11 Å². The van der Waals surface area contributed by atoms with E-state index in [1.165, 1.54) is 13.2 Å². The second-order valence-corrected chi connectivity index (χ2v) is 2.83. The zero-order valence-corrected chi connectivity index (χ0v) is 8.28. The van der Waals surface area contributed by atoms with Crippen LogP contribution in [0, 0.1) is 11.8 Å². The van der Waals surface area contributed by atoms with E-state index < -0.39 is 5.91 Å². The lowest BCUT2D eigenvalue weighted by molar-refractivity contribution is -0.117. The lowest BCUT2D eigenvalue weighted by Crippen LogP contribution is -2.08. The van der Waals surface area contributed by atoms with Gasteiger partial charge in [-0.15, -0.1) is 0 Å². The molecule has 0 bridgehead atoms. The number of nitrogens with two attached hydrogens (primary N) is 1. The van der Waals surface area contributed by atoms with E-state index in [-0.39, 0.29) is 12.2 Å². The van der Waals surface area contributed by atoms with Crippen molar-refractivity contribution >= 4 is 5.91 Å². The van der Waals surface area contributed by atoms with Crippen molar-refractivity contribution in [1.82, 2.24) is 0 Å². The van der Waals surface area contributed by atoms with E-state index >= 15 is 0 Å². The highest BCUT2D eigenvalue weighted by Crippen LogP contribution is 2.25. The van der Waals surface area contributed by atoms with Gasteiger partial charge in [-0.05, 0) is 18.2 Å². The van der Waals surface area contributed by atoms with Crippen molar-refractivity contribution in [3.63, 3.8) is 0 Å². The third-order valence-corrected chi connectivity index (χ3v) is 1.68. The summed E-state index contributed by atoms with van der Waals surface area (Å²) >= 11 is 0. The molecule has 0 aliphatic heterocycles. The number of hydrogen-bond donors (Lipinski definition) is 2. The van der Waals surface area contributed by atoms with Crippen LogP contribution in [0.3, 0.4) is 0 Å². The van der Waals surface area contributed by atoms with Gasteiger partial charge < -0.3 is 15.6 Å². The molecule has 3 N–H and O–H groups in total. The first-order valence-corrected chi connectivity index (χ1v) is 4.27. The molecule has 4 heteroatoms. The number of carbonyl (C=O) groups is 1. The van der Waals surface area contributed by atoms with Crippen LogP contribution in [0.15, 0.2) is 18.2 Å². The quantitative estimate of drug-likeness (QED) is 0.695. The van der Waals surface area contributed by atoms with Crippen molar-refractivity contribution in [3.8, 4) is 23.3 Å². The molecule has 0 aliphatic rings. The van der Waals surface area contributed by atoms with E-state index in [9.17, 15) is 9.90 Å². The van der Waals surface area contributed by atoms with Crippen molar-refractivity contribution in [1.29, 1.82) is 0 Å². The topological polar surface area (TPSA) is 72.5 Å². The number of primary amides is 1. The molecule has 4 nitrogen and oxygen atoms in total. The summed E-state index contributed by atoms with van der Waals surface area (Å²) in [5.74, 6) is 5.28.